The number of rotatable bonds is 8. The molecule has 1 aliphatic carbocycles. The third-order valence-corrected chi connectivity index (χ3v) is 4.20. The summed E-state index contributed by atoms with van der Waals surface area (Å²) in [5.74, 6) is 1.04. The molecule has 0 aromatic heterocycles. The molecule has 4 nitrogen and oxygen atoms in total. The molecular formula is C18H27NO3. The van der Waals surface area contributed by atoms with Crippen LogP contribution in [0.25, 0.3) is 0 Å². The Morgan fingerprint density at radius 1 is 1.14 bits per heavy atom. The standard InChI is InChI=1S/C18H27NO3/c1-21-14-12-18(20)19(16-8-4-2-5-9-16)13-15-22-17-10-6-3-7-11-17/h3,6-7,10-11,16H,2,4-5,8-9,12-15H2,1H3. The smallest absolute Gasteiger partial charge is 0.225 e. The lowest BCUT2D eigenvalue weighted by Crippen LogP contribution is -2.44. The molecule has 0 saturated heterocycles. The maximum Gasteiger partial charge on any atom is 0.225 e. The van der Waals surface area contributed by atoms with Gasteiger partial charge in [0.05, 0.1) is 19.6 Å². The van der Waals surface area contributed by atoms with Crippen LogP contribution in [0.5, 0.6) is 5.75 Å². The summed E-state index contributed by atoms with van der Waals surface area (Å²) in [6.07, 6.45) is 6.42. The summed E-state index contributed by atoms with van der Waals surface area (Å²) in [7, 11) is 1.64. The van der Waals surface area contributed by atoms with Crippen LogP contribution in [0.2, 0.25) is 0 Å². The van der Waals surface area contributed by atoms with Crippen molar-refractivity contribution in [3.63, 3.8) is 0 Å². The maximum atomic E-state index is 12.4. The van der Waals surface area contributed by atoms with Crippen LogP contribution in [0, 0.1) is 0 Å². The second kappa shape index (κ2) is 9.46. The largest absolute Gasteiger partial charge is 0.492 e. The monoisotopic (exact) mass is 305 g/mol. The number of carbonyl (C=O) groups is 1. The summed E-state index contributed by atoms with van der Waals surface area (Å²) in [6.45, 7) is 1.68. The average Bonchev–Trinajstić information content (AvgIpc) is 2.58. The van der Waals surface area contributed by atoms with Crippen LogP contribution in [-0.2, 0) is 9.53 Å². The summed E-state index contributed by atoms with van der Waals surface area (Å²) in [5.41, 5.74) is 0. The van der Waals surface area contributed by atoms with Crippen LogP contribution in [0.4, 0.5) is 0 Å². The van der Waals surface area contributed by atoms with Crippen molar-refractivity contribution in [2.75, 3.05) is 26.9 Å². The Labute approximate surface area is 133 Å². The van der Waals surface area contributed by atoms with Gasteiger partial charge < -0.3 is 14.4 Å². The molecule has 0 spiro atoms. The lowest BCUT2D eigenvalue weighted by Gasteiger charge is -2.34. The molecule has 0 heterocycles. The quantitative estimate of drug-likeness (QED) is 0.740. The number of ether oxygens (including phenoxy) is 2. The first-order valence-corrected chi connectivity index (χ1v) is 8.27. The molecule has 122 valence electrons. The van der Waals surface area contributed by atoms with E-state index in [0.717, 1.165) is 18.6 Å². The van der Waals surface area contributed by atoms with Gasteiger partial charge in [-0.05, 0) is 25.0 Å². The molecule has 0 unspecified atom stereocenters. The second-order valence-electron chi connectivity index (χ2n) is 5.78. The number of methoxy groups -OCH3 is 1. The molecule has 4 heteroatoms. The Hall–Kier alpha value is -1.55. The fourth-order valence-electron chi connectivity index (χ4n) is 3.02. The highest BCUT2D eigenvalue weighted by Gasteiger charge is 2.24. The van der Waals surface area contributed by atoms with Crippen LogP contribution in [-0.4, -0.2) is 43.7 Å². The zero-order chi connectivity index (χ0) is 15.6. The first-order valence-electron chi connectivity index (χ1n) is 8.27. The first kappa shape index (κ1) is 16.8. The van der Waals surface area contributed by atoms with E-state index in [0.29, 0.717) is 32.2 Å². The molecule has 1 fully saturated rings. The molecule has 0 radical (unpaired) electrons. The predicted molar refractivity (Wildman–Crippen MR) is 87.0 cm³/mol. The fourth-order valence-corrected chi connectivity index (χ4v) is 3.02. The van der Waals surface area contributed by atoms with E-state index >= 15 is 0 Å². The van der Waals surface area contributed by atoms with E-state index in [9.17, 15) is 4.79 Å². The van der Waals surface area contributed by atoms with Gasteiger partial charge in [0, 0.05) is 13.2 Å². The van der Waals surface area contributed by atoms with Crippen molar-refractivity contribution in [1.82, 2.24) is 4.90 Å². The number of benzene rings is 1. The van der Waals surface area contributed by atoms with Crippen molar-refractivity contribution in [3.05, 3.63) is 30.3 Å². The van der Waals surface area contributed by atoms with Gasteiger partial charge in [-0.1, -0.05) is 37.5 Å². The molecule has 0 N–H and O–H groups in total. The lowest BCUT2D eigenvalue weighted by atomic mass is 9.94. The summed E-state index contributed by atoms with van der Waals surface area (Å²) < 4.78 is 10.8. The van der Waals surface area contributed by atoms with Crippen LogP contribution in [0.15, 0.2) is 30.3 Å². The van der Waals surface area contributed by atoms with Gasteiger partial charge in [-0.3, -0.25) is 4.79 Å². The Bertz CT molecular complexity index is 429. The minimum atomic E-state index is 0.186. The summed E-state index contributed by atoms with van der Waals surface area (Å²) in [4.78, 5) is 14.4. The Balaban J connectivity index is 1.87. The highest BCUT2D eigenvalue weighted by Crippen LogP contribution is 2.23. The third-order valence-electron chi connectivity index (χ3n) is 4.20. The summed E-state index contributed by atoms with van der Waals surface area (Å²) >= 11 is 0. The Morgan fingerprint density at radius 2 is 1.86 bits per heavy atom. The normalized spacial score (nSPS) is 15.5. The SMILES string of the molecule is COCCC(=O)N(CCOc1ccccc1)C1CCCCC1. The van der Waals surface area contributed by atoms with E-state index in [1.807, 2.05) is 35.2 Å². The van der Waals surface area contributed by atoms with Gasteiger partial charge in [-0.25, -0.2) is 0 Å². The number of carbonyl (C=O) groups excluding carboxylic acids is 1. The highest BCUT2D eigenvalue weighted by atomic mass is 16.5. The number of amides is 1. The molecule has 1 aromatic carbocycles. The van der Waals surface area contributed by atoms with Crippen molar-refractivity contribution in [3.8, 4) is 5.75 Å². The van der Waals surface area contributed by atoms with Crippen molar-refractivity contribution in [2.45, 2.75) is 44.6 Å². The molecule has 0 bridgehead atoms. The van der Waals surface area contributed by atoms with E-state index in [-0.39, 0.29) is 5.91 Å². The van der Waals surface area contributed by atoms with Crippen molar-refractivity contribution < 1.29 is 14.3 Å². The zero-order valence-electron chi connectivity index (χ0n) is 13.5. The molecule has 1 aromatic rings. The van der Waals surface area contributed by atoms with Crippen molar-refractivity contribution in [2.24, 2.45) is 0 Å². The lowest BCUT2D eigenvalue weighted by molar-refractivity contribution is -0.135. The molecule has 1 saturated carbocycles. The summed E-state index contributed by atoms with van der Waals surface area (Å²) in [5, 5.41) is 0. The van der Waals surface area contributed by atoms with E-state index in [1.54, 1.807) is 7.11 Å². The van der Waals surface area contributed by atoms with Crippen LogP contribution in [0.3, 0.4) is 0 Å². The number of hydrogen-bond acceptors (Lipinski definition) is 3. The van der Waals surface area contributed by atoms with Gasteiger partial charge in [-0.2, -0.15) is 0 Å². The molecule has 1 amide bonds. The van der Waals surface area contributed by atoms with Gasteiger partial charge >= 0.3 is 0 Å². The van der Waals surface area contributed by atoms with E-state index < -0.39 is 0 Å². The number of hydrogen-bond donors (Lipinski definition) is 0. The Morgan fingerprint density at radius 3 is 2.55 bits per heavy atom. The van der Waals surface area contributed by atoms with Gasteiger partial charge in [0.25, 0.3) is 0 Å². The maximum absolute atomic E-state index is 12.4. The molecule has 0 aliphatic heterocycles. The first-order chi connectivity index (χ1) is 10.8. The minimum absolute atomic E-state index is 0.186. The van der Waals surface area contributed by atoms with Gasteiger partial charge in [0.15, 0.2) is 0 Å². The summed E-state index contributed by atoms with van der Waals surface area (Å²) in [6, 6.07) is 10.1. The van der Waals surface area contributed by atoms with E-state index in [2.05, 4.69) is 0 Å². The second-order valence-corrected chi connectivity index (χ2v) is 5.78. The average molecular weight is 305 g/mol. The molecule has 1 aliphatic rings. The number of nitrogens with zero attached hydrogens (tertiary/aromatic N) is 1. The number of para-hydroxylation sites is 1. The van der Waals surface area contributed by atoms with Gasteiger partial charge in [-0.15, -0.1) is 0 Å². The molecule has 22 heavy (non-hydrogen) atoms. The topological polar surface area (TPSA) is 38.8 Å². The van der Waals surface area contributed by atoms with Crippen LogP contribution in [0.1, 0.15) is 38.5 Å². The molecule has 2 rings (SSSR count). The minimum Gasteiger partial charge on any atom is -0.492 e. The van der Waals surface area contributed by atoms with Crippen LogP contribution >= 0.6 is 0 Å². The molecular weight excluding hydrogens is 278 g/mol. The van der Waals surface area contributed by atoms with Crippen molar-refractivity contribution >= 4 is 5.91 Å². The third kappa shape index (κ3) is 5.34. The Kier molecular flexibility index (Phi) is 7.23. The fraction of sp³-hybridized carbons (Fsp3) is 0.611. The van der Waals surface area contributed by atoms with E-state index in [4.69, 9.17) is 9.47 Å². The van der Waals surface area contributed by atoms with Crippen LogP contribution < -0.4 is 4.74 Å². The molecule has 0 atom stereocenters. The van der Waals surface area contributed by atoms with Crippen molar-refractivity contribution in [1.29, 1.82) is 0 Å². The van der Waals surface area contributed by atoms with Gasteiger partial charge in [0.2, 0.25) is 5.91 Å². The van der Waals surface area contributed by atoms with Gasteiger partial charge in [0.1, 0.15) is 12.4 Å². The predicted octanol–water partition coefficient (Wildman–Crippen LogP) is 3.26. The highest BCUT2D eigenvalue weighted by molar-refractivity contribution is 5.76. The van der Waals surface area contributed by atoms with E-state index in [1.165, 1.54) is 19.3 Å². The zero-order valence-corrected chi connectivity index (χ0v) is 13.5.